The van der Waals surface area contributed by atoms with Crippen molar-refractivity contribution < 1.29 is 4.79 Å². The van der Waals surface area contributed by atoms with Gasteiger partial charge in [-0.3, -0.25) is 9.78 Å². The van der Waals surface area contributed by atoms with Gasteiger partial charge in [0.1, 0.15) is 0 Å². The maximum absolute atomic E-state index is 12.5. The molecule has 0 aliphatic carbocycles. The lowest BCUT2D eigenvalue weighted by molar-refractivity contribution is 0.0950. The highest BCUT2D eigenvalue weighted by Crippen LogP contribution is 2.26. The molecule has 2 heterocycles. The van der Waals surface area contributed by atoms with Gasteiger partial charge in [-0.1, -0.05) is 30.7 Å². The molecular weight excluding hydrogens is 334 g/mol. The van der Waals surface area contributed by atoms with Gasteiger partial charge in [-0.05, 0) is 49.4 Å². The van der Waals surface area contributed by atoms with E-state index in [0.29, 0.717) is 23.2 Å². The van der Waals surface area contributed by atoms with E-state index in [4.69, 9.17) is 11.6 Å². The zero-order chi connectivity index (χ0) is 17.6. The van der Waals surface area contributed by atoms with Crippen LogP contribution in [0.25, 0.3) is 0 Å². The van der Waals surface area contributed by atoms with Gasteiger partial charge in [-0.25, -0.2) is 0 Å². The monoisotopic (exact) mass is 357 g/mol. The van der Waals surface area contributed by atoms with Crippen molar-refractivity contribution in [3.8, 4) is 0 Å². The average molecular weight is 358 g/mol. The predicted octanol–water partition coefficient (Wildman–Crippen LogP) is 4.43. The lowest BCUT2D eigenvalue weighted by Crippen LogP contribution is -2.39. The van der Waals surface area contributed by atoms with Crippen molar-refractivity contribution in [2.24, 2.45) is 0 Å². The summed E-state index contributed by atoms with van der Waals surface area (Å²) in [5, 5.41) is 3.64. The van der Waals surface area contributed by atoms with Gasteiger partial charge in [0.2, 0.25) is 0 Å². The molecule has 0 radical (unpaired) electrons. The maximum atomic E-state index is 12.5. The molecule has 1 saturated heterocycles. The Labute approximate surface area is 154 Å². The summed E-state index contributed by atoms with van der Waals surface area (Å²) in [4.78, 5) is 19.2. The van der Waals surface area contributed by atoms with E-state index >= 15 is 0 Å². The summed E-state index contributed by atoms with van der Waals surface area (Å²) < 4.78 is 0. The van der Waals surface area contributed by atoms with Crippen molar-refractivity contribution in [2.45, 2.75) is 45.2 Å². The van der Waals surface area contributed by atoms with Gasteiger partial charge in [0.25, 0.3) is 5.91 Å². The number of nitrogens with zero attached hydrogens (tertiary/aromatic N) is 2. The molecule has 1 aliphatic heterocycles. The van der Waals surface area contributed by atoms with Gasteiger partial charge < -0.3 is 10.2 Å². The Hall–Kier alpha value is -2.07. The Morgan fingerprint density at radius 3 is 2.84 bits per heavy atom. The van der Waals surface area contributed by atoms with Crippen LogP contribution in [0.2, 0.25) is 5.02 Å². The number of rotatable bonds is 5. The van der Waals surface area contributed by atoms with Crippen LogP contribution < -0.4 is 10.2 Å². The number of anilines is 1. The summed E-state index contributed by atoms with van der Waals surface area (Å²) in [6.07, 6.45) is 8.30. The lowest BCUT2D eigenvalue weighted by Gasteiger charge is -2.37. The molecule has 4 nitrogen and oxygen atoms in total. The Morgan fingerprint density at radius 2 is 2.08 bits per heavy atom. The van der Waals surface area contributed by atoms with Crippen LogP contribution in [0.5, 0.6) is 0 Å². The highest BCUT2D eigenvalue weighted by Gasteiger charge is 2.22. The van der Waals surface area contributed by atoms with Crippen LogP contribution in [-0.4, -0.2) is 23.5 Å². The molecule has 0 spiro atoms. The van der Waals surface area contributed by atoms with E-state index in [1.807, 2.05) is 36.5 Å². The van der Waals surface area contributed by atoms with Gasteiger partial charge in [-0.15, -0.1) is 0 Å². The minimum atomic E-state index is -0.102. The molecule has 1 aromatic heterocycles. The fraction of sp³-hybridized carbons (Fsp3) is 0.400. The van der Waals surface area contributed by atoms with E-state index in [9.17, 15) is 4.79 Å². The molecule has 0 saturated carbocycles. The molecular formula is C20H24ClN3O. The maximum Gasteiger partial charge on any atom is 0.253 e. The summed E-state index contributed by atoms with van der Waals surface area (Å²) in [7, 11) is 0. The molecule has 25 heavy (non-hydrogen) atoms. The van der Waals surface area contributed by atoms with Crippen LogP contribution >= 0.6 is 11.6 Å². The molecule has 1 aliphatic rings. The first kappa shape index (κ1) is 17.7. The van der Waals surface area contributed by atoms with Gasteiger partial charge in [0.05, 0.1) is 17.4 Å². The number of pyridine rings is 1. The van der Waals surface area contributed by atoms with E-state index < -0.39 is 0 Å². The highest BCUT2D eigenvalue weighted by atomic mass is 35.5. The minimum absolute atomic E-state index is 0.102. The number of hydrogen-bond acceptors (Lipinski definition) is 3. The Bertz CT molecular complexity index is 717. The van der Waals surface area contributed by atoms with Crippen LogP contribution in [0.4, 0.5) is 5.69 Å². The number of amides is 1. The molecule has 132 valence electrons. The Balaban J connectivity index is 1.67. The summed E-state index contributed by atoms with van der Waals surface area (Å²) in [5.74, 6) is -0.102. The molecule has 1 N–H and O–H groups in total. The van der Waals surface area contributed by atoms with Crippen molar-refractivity contribution in [3.05, 3.63) is 58.9 Å². The van der Waals surface area contributed by atoms with Crippen molar-refractivity contribution in [1.29, 1.82) is 0 Å². The van der Waals surface area contributed by atoms with Crippen molar-refractivity contribution >= 4 is 23.2 Å². The number of hydrogen-bond donors (Lipinski definition) is 1. The number of nitrogens with one attached hydrogen (secondary N) is 1. The van der Waals surface area contributed by atoms with Gasteiger partial charge in [-0.2, -0.15) is 0 Å². The topological polar surface area (TPSA) is 45.2 Å². The molecule has 1 aromatic carbocycles. The molecule has 5 heteroatoms. The number of halogens is 1. The van der Waals surface area contributed by atoms with Gasteiger partial charge in [0.15, 0.2) is 0 Å². The lowest BCUT2D eigenvalue weighted by atomic mass is 9.99. The number of piperidine rings is 1. The SMILES string of the molecule is CCC1CCCCN1c1cncc(C(=O)NCc2ccc(Cl)cc2)c1. The van der Waals surface area contributed by atoms with Crippen molar-refractivity contribution in [2.75, 3.05) is 11.4 Å². The summed E-state index contributed by atoms with van der Waals surface area (Å²) in [5.41, 5.74) is 2.67. The van der Waals surface area contributed by atoms with E-state index in [0.717, 1.165) is 24.2 Å². The zero-order valence-corrected chi connectivity index (χ0v) is 15.3. The van der Waals surface area contributed by atoms with Gasteiger partial charge >= 0.3 is 0 Å². The third-order valence-corrected chi connectivity index (χ3v) is 5.03. The minimum Gasteiger partial charge on any atom is -0.367 e. The second-order valence-corrected chi connectivity index (χ2v) is 6.93. The number of carbonyl (C=O) groups is 1. The van der Waals surface area contributed by atoms with E-state index in [1.165, 1.54) is 19.3 Å². The second kappa shape index (κ2) is 8.34. The number of benzene rings is 1. The molecule has 1 amide bonds. The third kappa shape index (κ3) is 4.51. The standard InChI is InChI=1S/C20H24ClN3O/c1-2-18-5-3-4-10-24(18)19-11-16(13-22-14-19)20(25)23-12-15-6-8-17(21)9-7-15/h6-9,11,13-14,18H,2-5,10,12H2,1H3,(H,23,25). The molecule has 1 unspecified atom stereocenters. The number of carbonyl (C=O) groups excluding carboxylic acids is 1. The predicted molar refractivity (Wildman–Crippen MR) is 102 cm³/mol. The average Bonchev–Trinajstić information content (AvgIpc) is 2.67. The summed E-state index contributed by atoms with van der Waals surface area (Å²) in [6, 6.07) is 9.98. The van der Waals surface area contributed by atoms with Gasteiger partial charge in [0, 0.05) is 30.4 Å². The molecule has 0 bridgehead atoms. The van der Waals surface area contributed by atoms with Crippen LogP contribution in [0, 0.1) is 0 Å². The highest BCUT2D eigenvalue weighted by molar-refractivity contribution is 6.30. The molecule has 1 fully saturated rings. The van der Waals surface area contributed by atoms with E-state index in [2.05, 4.69) is 22.1 Å². The molecule has 3 rings (SSSR count). The Kier molecular flexibility index (Phi) is 5.92. The van der Waals surface area contributed by atoms with Crippen molar-refractivity contribution in [3.63, 3.8) is 0 Å². The third-order valence-electron chi connectivity index (χ3n) is 4.78. The number of aromatic nitrogens is 1. The first-order chi connectivity index (χ1) is 12.2. The fourth-order valence-corrected chi connectivity index (χ4v) is 3.49. The van der Waals surface area contributed by atoms with Crippen molar-refractivity contribution in [1.82, 2.24) is 10.3 Å². The first-order valence-electron chi connectivity index (χ1n) is 8.91. The quantitative estimate of drug-likeness (QED) is 0.860. The largest absolute Gasteiger partial charge is 0.367 e. The van der Waals surface area contributed by atoms with E-state index in [-0.39, 0.29) is 5.91 Å². The van der Waals surface area contributed by atoms with Crippen LogP contribution in [0.15, 0.2) is 42.7 Å². The summed E-state index contributed by atoms with van der Waals surface area (Å²) in [6.45, 7) is 3.73. The Morgan fingerprint density at radius 1 is 1.28 bits per heavy atom. The first-order valence-corrected chi connectivity index (χ1v) is 9.29. The zero-order valence-electron chi connectivity index (χ0n) is 14.5. The normalized spacial score (nSPS) is 17.4. The van der Waals surface area contributed by atoms with Crippen LogP contribution in [0.1, 0.15) is 48.5 Å². The molecule has 2 aromatic rings. The van der Waals surface area contributed by atoms with E-state index in [1.54, 1.807) is 6.20 Å². The summed E-state index contributed by atoms with van der Waals surface area (Å²) >= 11 is 5.88. The van der Waals surface area contributed by atoms with Crippen LogP contribution in [0.3, 0.4) is 0 Å². The second-order valence-electron chi connectivity index (χ2n) is 6.49. The smallest absolute Gasteiger partial charge is 0.253 e. The van der Waals surface area contributed by atoms with Crippen LogP contribution in [-0.2, 0) is 6.54 Å². The fourth-order valence-electron chi connectivity index (χ4n) is 3.36. The molecule has 1 atom stereocenters.